The number of carboxylic acids is 1. The Kier molecular flexibility index (Phi) is 4.87. The number of carbonyl (C=O) groups excluding carboxylic acids is 1. The van der Waals surface area contributed by atoms with E-state index in [0.29, 0.717) is 6.54 Å². The van der Waals surface area contributed by atoms with Crippen LogP contribution in [0.5, 0.6) is 0 Å². The molecule has 1 amide bonds. The second-order valence-electron chi connectivity index (χ2n) is 3.63. The summed E-state index contributed by atoms with van der Waals surface area (Å²) in [4.78, 5) is 24.0. The van der Waals surface area contributed by atoms with Crippen LogP contribution >= 0.6 is 0 Å². The Bertz CT molecular complexity index is 475. The molecule has 0 fully saturated rings. The van der Waals surface area contributed by atoms with Crippen molar-refractivity contribution in [3.05, 3.63) is 11.9 Å². The highest BCUT2D eigenvalue weighted by Gasteiger charge is 2.14. The first-order chi connectivity index (χ1) is 8.58. The van der Waals surface area contributed by atoms with Gasteiger partial charge < -0.3 is 10.0 Å². The Hall–Kier alpha value is -2.36. The van der Waals surface area contributed by atoms with Gasteiger partial charge in [-0.25, -0.2) is 9.48 Å². The van der Waals surface area contributed by atoms with Crippen LogP contribution in [0.2, 0.25) is 0 Å². The Morgan fingerprint density at radius 2 is 2.33 bits per heavy atom. The SMILES string of the molecule is C#CCN(CCC)C(=O)Cn1cc(C(=O)O)nn1. The van der Waals surface area contributed by atoms with Gasteiger partial charge in [-0.2, -0.15) is 0 Å². The van der Waals surface area contributed by atoms with Crippen LogP contribution in [0.25, 0.3) is 0 Å². The second-order valence-corrected chi connectivity index (χ2v) is 3.63. The van der Waals surface area contributed by atoms with Crippen molar-refractivity contribution < 1.29 is 14.7 Å². The fourth-order valence-electron chi connectivity index (χ4n) is 1.38. The average Bonchev–Trinajstić information content (AvgIpc) is 2.77. The number of amides is 1. The van der Waals surface area contributed by atoms with E-state index in [9.17, 15) is 9.59 Å². The van der Waals surface area contributed by atoms with Gasteiger partial charge in [0.05, 0.1) is 12.7 Å². The molecule has 0 bridgehead atoms. The van der Waals surface area contributed by atoms with E-state index in [2.05, 4.69) is 16.2 Å². The monoisotopic (exact) mass is 250 g/mol. The van der Waals surface area contributed by atoms with Gasteiger partial charge in [-0.15, -0.1) is 11.5 Å². The van der Waals surface area contributed by atoms with E-state index in [1.807, 2.05) is 6.92 Å². The number of carboxylic acid groups (broad SMARTS) is 1. The van der Waals surface area contributed by atoms with Crippen LogP contribution in [0.3, 0.4) is 0 Å². The van der Waals surface area contributed by atoms with Crippen molar-refractivity contribution in [2.24, 2.45) is 0 Å². The van der Waals surface area contributed by atoms with Crippen molar-refractivity contribution in [3.8, 4) is 12.3 Å². The maximum absolute atomic E-state index is 11.9. The Labute approximate surface area is 104 Å². The minimum Gasteiger partial charge on any atom is -0.476 e. The van der Waals surface area contributed by atoms with E-state index in [1.165, 1.54) is 15.8 Å². The fourth-order valence-corrected chi connectivity index (χ4v) is 1.38. The lowest BCUT2D eigenvalue weighted by Gasteiger charge is -2.18. The van der Waals surface area contributed by atoms with E-state index >= 15 is 0 Å². The van der Waals surface area contributed by atoms with Crippen LogP contribution in [-0.2, 0) is 11.3 Å². The highest BCUT2D eigenvalue weighted by Crippen LogP contribution is 1.97. The van der Waals surface area contributed by atoms with Crippen LogP contribution < -0.4 is 0 Å². The highest BCUT2D eigenvalue weighted by molar-refractivity contribution is 5.84. The van der Waals surface area contributed by atoms with Crippen molar-refractivity contribution in [3.63, 3.8) is 0 Å². The summed E-state index contributed by atoms with van der Waals surface area (Å²) in [6.45, 7) is 2.66. The van der Waals surface area contributed by atoms with E-state index in [1.54, 1.807) is 0 Å². The van der Waals surface area contributed by atoms with Crippen molar-refractivity contribution >= 4 is 11.9 Å². The number of hydrogen-bond donors (Lipinski definition) is 1. The van der Waals surface area contributed by atoms with Crippen molar-refractivity contribution in [2.75, 3.05) is 13.1 Å². The lowest BCUT2D eigenvalue weighted by molar-refractivity contribution is -0.131. The summed E-state index contributed by atoms with van der Waals surface area (Å²) < 4.78 is 1.19. The van der Waals surface area contributed by atoms with Gasteiger partial charge in [0.15, 0.2) is 5.69 Å². The lowest BCUT2D eigenvalue weighted by atomic mass is 10.3. The van der Waals surface area contributed by atoms with E-state index in [0.717, 1.165) is 6.42 Å². The molecule has 1 N–H and O–H groups in total. The first kappa shape index (κ1) is 13.7. The topological polar surface area (TPSA) is 88.3 Å². The third kappa shape index (κ3) is 3.59. The first-order valence-corrected chi connectivity index (χ1v) is 5.43. The number of terminal acetylenes is 1. The molecule has 0 unspecified atom stereocenters. The van der Waals surface area contributed by atoms with E-state index < -0.39 is 5.97 Å². The molecule has 0 radical (unpaired) electrons. The second kappa shape index (κ2) is 6.39. The molecule has 0 saturated carbocycles. The number of aromatic carboxylic acids is 1. The standard InChI is InChI=1S/C11H14N4O3/c1-3-5-14(6-4-2)10(16)8-15-7-9(11(17)18)12-13-15/h1,7H,4-6,8H2,2H3,(H,17,18). The Morgan fingerprint density at radius 3 is 2.83 bits per heavy atom. The summed E-state index contributed by atoms with van der Waals surface area (Å²) in [5.74, 6) is 1.02. The molecule has 7 heteroatoms. The number of rotatable bonds is 6. The Morgan fingerprint density at radius 1 is 1.61 bits per heavy atom. The van der Waals surface area contributed by atoms with Crippen LogP contribution in [-0.4, -0.2) is 50.0 Å². The smallest absolute Gasteiger partial charge is 0.358 e. The molecule has 96 valence electrons. The maximum atomic E-state index is 11.9. The molecule has 0 atom stereocenters. The molecule has 7 nitrogen and oxygen atoms in total. The molecule has 0 aromatic carbocycles. The third-order valence-electron chi connectivity index (χ3n) is 2.18. The normalized spacial score (nSPS) is 9.78. The van der Waals surface area contributed by atoms with Crippen LogP contribution in [0.1, 0.15) is 23.8 Å². The summed E-state index contributed by atoms with van der Waals surface area (Å²) in [6.07, 6.45) is 7.18. The molecule has 1 aromatic rings. The summed E-state index contributed by atoms with van der Waals surface area (Å²) in [6, 6.07) is 0. The molecule has 1 heterocycles. The molecule has 0 aliphatic carbocycles. The first-order valence-electron chi connectivity index (χ1n) is 5.43. The molecule has 0 aliphatic rings. The largest absolute Gasteiger partial charge is 0.476 e. The molecule has 0 spiro atoms. The number of nitrogens with zero attached hydrogens (tertiary/aromatic N) is 4. The van der Waals surface area contributed by atoms with Gasteiger partial charge in [-0.3, -0.25) is 4.79 Å². The van der Waals surface area contributed by atoms with Gasteiger partial charge in [-0.05, 0) is 6.42 Å². The van der Waals surface area contributed by atoms with Gasteiger partial charge >= 0.3 is 5.97 Å². The molecule has 0 saturated heterocycles. The minimum absolute atomic E-state index is 0.0675. The minimum atomic E-state index is -1.18. The zero-order valence-corrected chi connectivity index (χ0v) is 10.0. The van der Waals surface area contributed by atoms with Gasteiger partial charge in [0, 0.05) is 6.54 Å². The highest BCUT2D eigenvalue weighted by atomic mass is 16.4. The molecule has 0 aliphatic heterocycles. The predicted molar refractivity (Wildman–Crippen MR) is 62.7 cm³/mol. The van der Waals surface area contributed by atoms with Crippen molar-refractivity contribution in [2.45, 2.75) is 19.9 Å². The van der Waals surface area contributed by atoms with Crippen LogP contribution in [0.4, 0.5) is 0 Å². The van der Waals surface area contributed by atoms with Crippen molar-refractivity contribution in [1.82, 2.24) is 19.9 Å². The fraction of sp³-hybridized carbons (Fsp3) is 0.455. The molecule has 1 aromatic heterocycles. The van der Waals surface area contributed by atoms with Crippen LogP contribution in [0.15, 0.2) is 6.20 Å². The van der Waals surface area contributed by atoms with Crippen molar-refractivity contribution in [1.29, 1.82) is 0 Å². The average molecular weight is 250 g/mol. The molecule has 1 rings (SSSR count). The molecule has 18 heavy (non-hydrogen) atoms. The maximum Gasteiger partial charge on any atom is 0.358 e. The summed E-state index contributed by atoms with van der Waals surface area (Å²) >= 11 is 0. The van der Waals surface area contributed by atoms with Gasteiger partial charge in [0.2, 0.25) is 5.91 Å². The summed E-state index contributed by atoms with van der Waals surface area (Å²) in [5.41, 5.74) is -0.193. The van der Waals surface area contributed by atoms with E-state index in [4.69, 9.17) is 11.5 Å². The number of hydrogen-bond acceptors (Lipinski definition) is 4. The number of carbonyl (C=O) groups is 2. The van der Waals surface area contributed by atoms with E-state index in [-0.39, 0.29) is 24.7 Å². The van der Waals surface area contributed by atoms with Gasteiger partial charge in [-0.1, -0.05) is 18.1 Å². The van der Waals surface area contributed by atoms with Gasteiger partial charge in [0.25, 0.3) is 0 Å². The number of aromatic nitrogens is 3. The summed E-state index contributed by atoms with van der Waals surface area (Å²) in [5, 5.41) is 15.7. The molecular formula is C11H14N4O3. The quantitative estimate of drug-likeness (QED) is 0.709. The van der Waals surface area contributed by atoms with Crippen LogP contribution in [0, 0.1) is 12.3 Å². The third-order valence-corrected chi connectivity index (χ3v) is 2.18. The molecular weight excluding hydrogens is 236 g/mol. The Balaban J connectivity index is 2.67. The summed E-state index contributed by atoms with van der Waals surface area (Å²) in [7, 11) is 0. The zero-order valence-electron chi connectivity index (χ0n) is 10.0. The zero-order chi connectivity index (χ0) is 13.5. The lowest BCUT2D eigenvalue weighted by Crippen LogP contribution is -2.35. The van der Waals surface area contributed by atoms with Gasteiger partial charge in [0.1, 0.15) is 6.54 Å². The predicted octanol–water partition coefficient (Wildman–Crippen LogP) is -0.152.